The van der Waals surface area contributed by atoms with Crippen LogP contribution in [0, 0.1) is 0 Å². The van der Waals surface area contributed by atoms with Gasteiger partial charge in [-0.3, -0.25) is 0 Å². The van der Waals surface area contributed by atoms with Crippen LogP contribution in [0.15, 0.2) is 6.20 Å². The van der Waals surface area contributed by atoms with Crippen LogP contribution in [0.1, 0.15) is 58.2 Å². The van der Waals surface area contributed by atoms with Gasteiger partial charge in [-0.2, -0.15) is 0 Å². The highest BCUT2D eigenvalue weighted by Crippen LogP contribution is 2.18. The van der Waals surface area contributed by atoms with E-state index in [1.165, 1.54) is 25.0 Å². The summed E-state index contributed by atoms with van der Waals surface area (Å²) in [5.74, 6) is 0. The summed E-state index contributed by atoms with van der Waals surface area (Å²) in [5, 5.41) is 11.7. The normalized spacial score (nSPS) is 12.9. The molecule has 0 amide bonds. The molecule has 1 unspecified atom stereocenters. The van der Waals surface area contributed by atoms with Crippen molar-refractivity contribution in [1.82, 2.24) is 20.3 Å². The Kier molecular flexibility index (Phi) is 6.08. The highest BCUT2D eigenvalue weighted by molar-refractivity contribution is 5.02. The molecule has 4 nitrogen and oxygen atoms in total. The van der Waals surface area contributed by atoms with E-state index in [4.69, 9.17) is 0 Å². The van der Waals surface area contributed by atoms with E-state index in [1.807, 2.05) is 10.9 Å². The van der Waals surface area contributed by atoms with E-state index in [-0.39, 0.29) is 0 Å². The number of rotatable bonds is 8. The van der Waals surface area contributed by atoms with Gasteiger partial charge < -0.3 is 5.32 Å². The molecular formula is C12H24N4. The molecule has 0 aliphatic rings. The molecule has 92 valence electrons. The minimum atomic E-state index is 0.409. The van der Waals surface area contributed by atoms with Gasteiger partial charge in [-0.05, 0) is 19.4 Å². The molecule has 1 aromatic rings. The third-order valence-corrected chi connectivity index (χ3v) is 2.74. The van der Waals surface area contributed by atoms with Gasteiger partial charge in [-0.25, -0.2) is 4.68 Å². The Labute approximate surface area is 98.4 Å². The zero-order valence-electron chi connectivity index (χ0n) is 10.7. The van der Waals surface area contributed by atoms with Gasteiger partial charge in [0.15, 0.2) is 0 Å². The minimum absolute atomic E-state index is 0.409. The lowest BCUT2D eigenvalue weighted by Crippen LogP contribution is -2.24. The molecule has 1 aromatic heterocycles. The van der Waals surface area contributed by atoms with Crippen LogP contribution >= 0.6 is 0 Å². The molecule has 1 atom stereocenters. The van der Waals surface area contributed by atoms with Crippen LogP contribution in [-0.2, 0) is 6.54 Å². The maximum absolute atomic E-state index is 4.14. The number of hydrogen-bond acceptors (Lipinski definition) is 3. The quantitative estimate of drug-likeness (QED) is 0.738. The van der Waals surface area contributed by atoms with Gasteiger partial charge in [0.2, 0.25) is 0 Å². The fourth-order valence-corrected chi connectivity index (χ4v) is 1.93. The van der Waals surface area contributed by atoms with Gasteiger partial charge in [-0.1, -0.05) is 38.8 Å². The van der Waals surface area contributed by atoms with Crippen LogP contribution < -0.4 is 5.32 Å². The van der Waals surface area contributed by atoms with E-state index in [9.17, 15) is 0 Å². The van der Waals surface area contributed by atoms with Gasteiger partial charge in [0.1, 0.15) is 0 Å². The van der Waals surface area contributed by atoms with Gasteiger partial charge in [0.05, 0.1) is 17.9 Å². The number of aromatic nitrogens is 3. The first-order valence-electron chi connectivity index (χ1n) is 6.45. The summed E-state index contributed by atoms with van der Waals surface area (Å²) in [5.41, 5.74) is 1.23. The molecular weight excluding hydrogens is 200 g/mol. The Morgan fingerprint density at radius 2 is 2.12 bits per heavy atom. The number of unbranched alkanes of at least 4 members (excludes halogenated alkanes) is 1. The number of hydrogen-bond donors (Lipinski definition) is 1. The molecule has 0 saturated carbocycles. The average Bonchev–Trinajstić information content (AvgIpc) is 2.73. The molecule has 1 N–H and O–H groups in total. The maximum atomic E-state index is 4.14. The van der Waals surface area contributed by atoms with Crippen LogP contribution in [0.4, 0.5) is 0 Å². The van der Waals surface area contributed by atoms with Gasteiger partial charge >= 0.3 is 0 Å². The number of nitrogens with one attached hydrogen (secondary N) is 1. The molecule has 0 aliphatic carbocycles. The molecule has 4 heteroatoms. The first-order valence-corrected chi connectivity index (χ1v) is 6.45. The lowest BCUT2D eigenvalue weighted by Gasteiger charge is -2.18. The second-order valence-corrected chi connectivity index (χ2v) is 4.13. The fourth-order valence-electron chi connectivity index (χ4n) is 1.93. The Morgan fingerprint density at radius 1 is 1.31 bits per heavy atom. The van der Waals surface area contributed by atoms with Crippen molar-refractivity contribution in [2.24, 2.45) is 0 Å². The molecule has 1 rings (SSSR count). The van der Waals surface area contributed by atoms with Crippen molar-refractivity contribution < 1.29 is 0 Å². The van der Waals surface area contributed by atoms with Crippen LogP contribution in [0.2, 0.25) is 0 Å². The molecule has 0 saturated heterocycles. The molecule has 0 aliphatic heterocycles. The van der Waals surface area contributed by atoms with Gasteiger partial charge in [-0.15, -0.1) is 5.10 Å². The highest BCUT2D eigenvalue weighted by Gasteiger charge is 2.14. The highest BCUT2D eigenvalue weighted by atomic mass is 15.4. The largest absolute Gasteiger partial charge is 0.309 e. The SMILES string of the molecule is CCCCC(NCC)c1cnnn1CCC. The van der Waals surface area contributed by atoms with Crippen molar-refractivity contribution in [2.75, 3.05) is 6.54 Å². The van der Waals surface area contributed by atoms with Crippen molar-refractivity contribution in [3.8, 4) is 0 Å². The van der Waals surface area contributed by atoms with E-state index in [0.717, 1.165) is 19.5 Å². The van der Waals surface area contributed by atoms with Crippen molar-refractivity contribution in [2.45, 2.75) is 59.0 Å². The third kappa shape index (κ3) is 3.59. The van der Waals surface area contributed by atoms with Gasteiger partial charge in [0, 0.05) is 6.54 Å². The zero-order valence-corrected chi connectivity index (χ0v) is 10.7. The molecule has 0 bridgehead atoms. The van der Waals surface area contributed by atoms with Crippen molar-refractivity contribution in [1.29, 1.82) is 0 Å². The van der Waals surface area contributed by atoms with Crippen molar-refractivity contribution in [3.05, 3.63) is 11.9 Å². The second kappa shape index (κ2) is 7.39. The van der Waals surface area contributed by atoms with E-state index >= 15 is 0 Å². The smallest absolute Gasteiger partial charge is 0.0756 e. The molecule has 0 spiro atoms. The molecule has 0 radical (unpaired) electrons. The fraction of sp³-hybridized carbons (Fsp3) is 0.833. The molecule has 0 fully saturated rings. The zero-order chi connectivity index (χ0) is 11.8. The van der Waals surface area contributed by atoms with Crippen LogP contribution in [0.3, 0.4) is 0 Å². The number of nitrogens with zero attached hydrogens (tertiary/aromatic N) is 3. The minimum Gasteiger partial charge on any atom is -0.309 e. The standard InChI is InChI=1S/C12H24N4/c1-4-7-8-11(13-6-3)12-10-14-15-16(12)9-5-2/h10-11,13H,4-9H2,1-3H3. The molecule has 1 heterocycles. The lowest BCUT2D eigenvalue weighted by atomic mass is 10.1. The second-order valence-electron chi connectivity index (χ2n) is 4.13. The van der Waals surface area contributed by atoms with Crippen molar-refractivity contribution >= 4 is 0 Å². The maximum Gasteiger partial charge on any atom is 0.0756 e. The van der Waals surface area contributed by atoms with E-state index in [2.05, 4.69) is 36.4 Å². The summed E-state index contributed by atoms with van der Waals surface area (Å²) in [4.78, 5) is 0. The van der Waals surface area contributed by atoms with E-state index in [1.54, 1.807) is 0 Å². The monoisotopic (exact) mass is 224 g/mol. The van der Waals surface area contributed by atoms with E-state index < -0.39 is 0 Å². The summed E-state index contributed by atoms with van der Waals surface area (Å²) < 4.78 is 2.03. The first-order chi connectivity index (χ1) is 7.83. The predicted octanol–water partition coefficient (Wildman–Crippen LogP) is 2.53. The van der Waals surface area contributed by atoms with Crippen molar-refractivity contribution in [3.63, 3.8) is 0 Å². The van der Waals surface area contributed by atoms with E-state index in [0.29, 0.717) is 6.04 Å². The Hall–Kier alpha value is -0.900. The third-order valence-electron chi connectivity index (χ3n) is 2.74. The predicted molar refractivity (Wildman–Crippen MR) is 66.3 cm³/mol. The Bertz CT molecular complexity index is 282. The summed E-state index contributed by atoms with van der Waals surface area (Å²) >= 11 is 0. The summed E-state index contributed by atoms with van der Waals surface area (Å²) in [6.07, 6.45) is 6.65. The summed E-state index contributed by atoms with van der Waals surface area (Å²) in [6, 6.07) is 0.409. The lowest BCUT2D eigenvalue weighted by molar-refractivity contribution is 0.443. The topological polar surface area (TPSA) is 42.7 Å². The number of aryl methyl sites for hydroxylation is 1. The van der Waals surface area contributed by atoms with Crippen LogP contribution in [-0.4, -0.2) is 21.5 Å². The summed E-state index contributed by atoms with van der Waals surface area (Å²) in [6.45, 7) is 8.49. The van der Waals surface area contributed by atoms with Crippen LogP contribution in [0.5, 0.6) is 0 Å². The molecule has 0 aromatic carbocycles. The average molecular weight is 224 g/mol. The van der Waals surface area contributed by atoms with Crippen LogP contribution in [0.25, 0.3) is 0 Å². The Morgan fingerprint density at radius 3 is 2.75 bits per heavy atom. The Balaban J connectivity index is 2.70. The first kappa shape index (κ1) is 13.2. The van der Waals surface area contributed by atoms with Gasteiger partial charge in [0.25, 0.3) is 0 Å². The summed E-state index contributed by atoms with van der Waals surface area (Å²) in [7, 11) is 0. The molecule has 16 heavy (non-hydrogen) atoms.